The van der Waals surface area contributed by atoms with Gasteiger partial charge in [-0.3, -0.25) is 9.78 Å². The molecular weight excluding hydrogens is 386 g/mol. The number of amides is 1. The standard InChI is InChI=1S/C25H27N5O/c31-25(19-8-6-9-20(18-19)29-15-4-1-5-16-29)30-17-7-11-23(30)21-12-14-27-24(28-21)22-10-2-3-13-26-22/h2-3,6,8-10,12-14,18,23H,1,4-5,7,11,15-17H2/t23-/m1/s1. The monoisotopic (exact) mass is 413 g/mol. The number of hydrogen-bond donors (Lipinski definition) is 0. The molecule has 2 aliphatic heterocycles. The molecule has 0 N–H and O–H groups in total. The smallest absolute Gasteiger partial charge is 0.254 e. The molecule has 2 aromatic heterocycles. The lowest BCUT2D eigenvalue weighted by Gasteiger charge is -2.29. The molecule has 2 saturated heterocycles. The number of carbonyl (C=O) groups is 1. The van der Waals surface area contributed by atoms with E-state index in [4.69, 9.17) is 4.98 Å². The van der Waals surface area contributed by atoms with Gasteiger partial charge in [-0.25, -0.2) is 9.97 Å². The van der Waals surface area contributed by atoms with E-state index in [1.54, 1.807) is 12.4 Å². The maximum Gasteiger partial charge on any atom is 0.254 e. The molecule has 1 amide bonds. The number of carbonyl (C=O) groups excluding carboxylic acids is 1. The fourth-order valence-corrected chi connectivity index (χ4v) is 4.65. The third kappa shape index (κ3) is 4.15. The van der Waals surface area contributed by atoms with Crippen molar-refractivity contribution in [2.75, 3.05) is 24.5 Å². The molecule has 1 atom stereocenters. The Labute approximate surface area is 183 Å². The molecule has 0 aliphatic carbocycles. The van der Waals surface area contributed by atoms with Gasteiger partial charge < -0.3 is 9.80 Å². The fraction of sp³-hybridized carbons (Fsp3) is 0.360. The highest BCUT2D eigenvalue weighted by Crippen LogP contribution is 2.33. The van der Waals surface area contributed by atoms with E-state index in [-0.39, 0.29) is 11.9 Å². The summed E-state index contributed by atoms with van der Waals surface area (Å²) in [4.78, 5) is 31.4. The molecule has 4 heterocycles. The van der Waals surface area contributed by atoms with Gasteiger partial charge in [0.1, 0.15) is 5.69 Å². The second-order valence-electron chi connectivity index (χ2n) is 8.27. The van der Waals surface area contributed by atoms with Crippen LogP contribution in [-0.4, -0.2) is 45.4 Å². The Bertz CT molecular complexity index is 1050. The average molecular weight is 414 g/mol. The minimum Gasteiger partial charge on any atom is -0.372 e. The molecule has 0 radical (unpaired) electrons. The number of pyridine rings is 1. The zero-order chi connectivity index (χ0) is 21.0. The van der Waals surface area contributed by atoms with Crippen molar-refractivity contribution in [3.05, 3.63) is 72.2 Å². The van der Waals surface area contributed by atoms with Gasteiger partial charge in [0.05, 0.1) is 11.7 Å². The second-order valence-corrected chi connectivity index (χ2v) is 8.27. The van der Waals surface area contributed by atoms with E-state index < -0.39 is 0 Å². The predicted molar refractivity (Wildman–Crippen MR) is 121 cm³/mol. The van der Waals surface area contributed by atoms with Crippen LogP contribution in [0.4, 0.5) is 5.69 Å². The molecule has 2 aliphatic rings. The van der Waals surface area contributed by atoms with E-state index in [0.29, 0.717) is 5.82 Å². The fourth-order valence-electron chi connectivity index (χ4n) is 4.65. The van der Waals surface area contributed by atoms with E-state index in [1.165, 1.54) is 19.3 Å². The van der Waals surface area contributed by atoms with Crippen molar-refractivity contribution in [1.29, 1.82) is 0 Å². The molecule has 6 nitrogen and oxygen atoms in total. The van der Waals surface area contributed by atoms with Crippen molar-refractivity contribution >= 4 is 11.6 Å². The Morgan fingerprint density at radius 3 is 2.61 bits per heavy atom. The quantitative estimate of drug-likeness (QED) is 0.630. The third-order valence-electron chi connectivity index (χ3n) is 6.24. The number of likely N-dealkylation sites (tertiary alicyclic amines) is 1. The molecule has 6 heteroatoms. The van der Waals surface area contributed by atoms with Gasteiger partial charge in [0.2, 0.25) is 0 Å². The SMILES string of the molecule is O=C(c1cccc(N2CCCCC2)c1)N1CCC[C@@H]1c1ccnc(-c2ccccn2)n1. The zero-order valence-electron chi connectivity index (χ0n) is 17.7. The molecule has 158 valence electrons. The molecular formula is C25H27N5O. The van der Waals surface area contributed by atoms with Crippen LogP contribution in [0.1, 0.15) is 54.2 Å². The Balaban J connectivity index is 1.39. The van der Waals surface area contributed by atoms with Crippen LogP contribution in [0, 0.1) is 0 Å². The first-order valence-corrected chi connectivity index (χ1v) is 11.2. The molecule has 3 aromatic rings. The molecule has 5 rings (SSSR count). The maximum atomic E-state index is 13.5. The van der Waals surface area contributed by atoms with Crippen molar-refractivity contribution in [1.82, 2.24) is 19.9 Å². The number of nitrogens with zero attached hydrogens (tertiary/aromatic N) is 5. The molecule has 0 bridgehead atoms. The van der Waals surface area contributed by atoms with E-state index in [2.05, 4.69) is 27.0 Å². The van der Waals surface area contributed by atoms with Crippen LogP contribution in [0.5, 0.6) is 0 Å². The summed E-state index contributed by atoms with van der Waals surface area (Å²) in [7, 11) is 0. The number of anilines is 1. The number of benzene rings is 1. The summed E-state index contributed by atoms with van der Waals surface area (Å²) in [6.45, 7) is 2.89. The minimum atomic E-state index is -0.0309. The number of rotatable bonds is 4. The summed E-state index contributed by atoms with van der Waals surface area (Å²) in [6.07, 6.45) is 9.14. The first-order chi connectivity index (χ1) is 15.3. The summed E-state index contributed by atoms with van der Waals surface area (Å²) in [5, 5.41) is 0. The number of aromatic nitrogens is 3. The lowest BCUT2D eigenvalue weighted by atomic mass is 10.1. The van der Waals surface area contributed by atoms with Crippen molar-refractivity contribution in [3.8, 4) is 11.5 Å². The highest BCUT2D eigenvalue weighted by atomic mass is 16.2. The van der Waals surface area contributed by atoms with Crippen molar-refractivity contribution in [3.63, 3.8) is 0 Å². The Morgan fingerprint density at radius 1 is 0.871 bits per heavy atom. The van der Waals surface area contributed by atoms with E-state index >= 15 is 0 Å². The van der Waals surface area contributed by atoms with Crippen LogP contribution in [-0.2, 0) is 0 Å². The first-order valence-electron chi connectivity index (χ1n) is 11.2. The van der Waals surface area contributed by atoms with Crippen molar-refractivity contribution in [2.24, 2.45) is 0 Å². The van der Waals surface area contributed by atoms with Gasteiger partial charge in [0.25, 0.3) is 5.91 Å². The van der Waals surface area contributed by atoms with Gasteiger partial charge in [-0.05, 0) is 68.5 Å². The Hall–Kier alpha value is -3.28. The summed E-state index contributed by atoms with van der Waals surface area (Å²) in [6, 6.07) is 15.7. The molecule has 1 aromatic carbocycles. The third-order valence-corrected chi connectivity index (χ3v) is 6.24. The van der Waals surface area contributed by atoms with Gasteiger partial charge in [0, 0.05) is 43.3 Å². The second kappa shape index (κ2) is 8.84. The highest BCUT2D eigenvalue weighted by molar-refractivity contribution is 5.95. The lowest BCUT2D eigenvalue weighted by Crippen LogP contribution is -2.32. The van der Waals surface area contributed by atoms with Gasteiger partial charge in [0.15, 0.2) is 5.82 Å². The van der Waals surface area contributed by atoms with Crippen LogP contribution in [0.2, 0.25) is 0 Å². The average Bonchev–Trinajstić information content (AvgIpc) is 3.35. The molecule has 2 fully saturated rings. The zero-order valence-corrected chi connectivity index (χ0v) is 17.7. The lowest BCUT2D eigenvalue weighted by molar-refractivity contribution is 0.0733. The van der Waals surface area contributed by atoms with Gasteiger partial charge in [-0.1, -0.05) is 12.1 Å². The first kappa shape index (κ1) is 19.7. The van der Waals surface area contributed by atoms with Gasteiger partial charge in [-0.15, -0.1) is 0 Å². The maximum absolute atomic E-state index is 13.5. The van der Waals surface area contributed by atoms with Gasteiger partial charge in [-0.2, -0.15) is 0 Å². The number of hydrogen-bond acceptors (Lipinski definition) is 5. The topological polar surface area (TPSA) is 62.2 Å². The summed E-state index contributed by atoms with van der Waals surface area (Å²) >= 11 is 0. The Morgan fingerprint density at radius 2 is 1.77 bits per heavy atom. The van der Waals surface area contributed by atoms with Crippen LogP contribution < -0.4 is 4.90 Å². The largest absolute Gasteiger partial charge is 0.372 e. The van der Waals surface area contributed by atoms with Crippen molar-refractivity contribution < 1.29 is 4.79 Å². The van der Waals surface area contributed by atoms with E-state index in [0.717, 1.165) is 55.1 Å². The minimum absolute atomic E-state index is 0.0309. The molecule has 31 heavy (non-hydrogen) atoms. The van der Waals surface area contributed by atoms with Crippen LogP contribution in [0.15, 0.2) is 60.9 Å². The number of piperidine rings is 1. The highest BCUT2D eigenvalue weighted by Gasteiger charge is 2.32. The van der Waals surface area contributed by atoms with E-state index in [9.17, 15) is 4.79 Å². The van der Waals surface area contributed by atoms with E-state index in [1.807, 2.05) is 41.3 Å². The Kier molecular flexibility index (Phi) is 5.61. The summed E-state index contributed by atoms with van der Waals surface area (Å²) in [5.74, 6) is 0.684. The molecule has 0 unspecified atom stereocenters. The summed E-state index contributed by atoms with van der Waals surface area (Å²) in [5.41, 5.74) is 3.54. The molecule has 0 spiro atoms. The summed E-state index contributed by atoms with van der Waals surface area (Å²) < 4.78 is 0. The van der Waals surface area contributed by atoms with Gasteiger partial charge >= 0.3 is 0 Å². The normalized spacial score (nSPS) is 18.9. The van der Waals surface area contributed by atoms with Crippen LogP contribution in [0.25, 0.3) is 11.5 Å². The van der Waals surface area contributed by atoms with Crippen molar-refractivity contribution in [2.45, 2.75) is 38.1 Å². The molecule has 0 saturated carbocycles. The predicted octanol–water partition coefficient (Wildman–Crippen LogP) is 4.51. The van der Waals surface area contributed by atoms with Crippen LogP contribution >= 0.6 is 0 Å². The van der Waals surface area contributed by atoms with Crippen LogP contribution in [0.3, 0.4) is 0 Å².